The number of anilines is 1. The zero-order chi connectivity index (χ0) is 20.4. The predicted molar refractivity (Wildman–Crippen MR) is 112 cm³/mol. The molecule has 1 aliphatic carbocycles. The first-order chi connectivity index (χ1) is 13.9. The Labute approximate surface area is 172 Å². The van der Waals surface area contributed by atoms with E-state index in [0.717, 1.165) is 38.6 Å². The molecule has 1 saturated carbocycles. The fourth-order valence-corrected chi connectivity index (χ4v) is 5.62. The topological polar surface area (TPSA) is 117 Å². The van der Waals surface area contributed by atoms with Gasteiger partial charge in [-0.15, -0.1) is 4.40 Å². The van der Waals surface area contributed by atoms with Crippen LogP contribution in [-0.4, -0.2) is 49.7 Å². The maximum Gasteiger partial charge on any atom is 0.344 e. The normalized spacial score (nSPS) is 26.1. The van der Waals surface area contributed by atoms with Crippen LogP contribution in [0.25, 0.3) is 0 Å². The first-order valence-electron chi connectivity index (χ1n) is 10.5. The summed E-state index contributed by atoms with van der Waals surface area (Å²) in [7, 11) is -3.81. The zero-order valence-electron chi connectivity index (χ0n) is 16.6. The lowest BCUT2D eigenvalue weighted by atomic mass is 9.86. The predicted octanol–water partition coefficient (Wildman–Crippen LogP) is 2.19. The molecule has 160 valence electrons. The smallest absolute Gasteiger partial charge is 0.344 e. The van der Waals surface area contributed by atoms with Crippen LogP contribution in [0.4, 0.5) is 5.69 Å². The summed E-state index contributed by atoms with van der Waals surface area (Å²) in [5, 5.41) is 11.0. The number of hydrogen-bond donors (Lipinski definition) is 3. The van der Waals surface area contributed by atoms with Crippen molar-refractivity contribution >= 4 is 21.7 Å². The van der Waals surface area contributed by atoms with Gasteiger partial charge in [0.1, 0.15) is 18.6 Å². The van der Waals surface area contributed by atoms with Crippen molar-refractivity contribution in [3.8, 4) is 5.75 Å². The minimum atomic E-state index is -3.81. The van der Waals surface area contributed by atoms with E-state index >= 15 is 0 Å². The Kier molecular flexibility index (Phi) is 5.98. The number of benzene rings is 1. The number of ether oxygens (including phenoxy) is 1. The molecule has 3 aliphatic rings. The summed E-state index contributed by atoms with van der Waals surface area (Å²) in [5.41, 5.74) is 6.75. The van der Waals surface area contributed by atoms with Gasteiger partial charge in [0.05, 0.1) is 11.3 Å². The van der Waals surface area contributed by atoms with Gasteiger partial charge in [-0.25, -0.2) is 0 Å². The molecule has 2 atom stereocenters. The number of fused-ring (bicyclic) bond motifs is 1. The Morgan fingerprint density at radius 2 is 1.97 bits per heavy atom. The van der Waals surface area contributed by atoms with Gasteiger partial charge in [0.2, 0.25) is 0 Å². The second-order valence-corrected chi connectivity index (χ2v) is 9.58. The van der Waals surface area contributed by atoms with Gasteiger partial charge in [-0.05, 0) is 43.7 Å². The van der Waals surface area contributed by atoms with Crippen LogP contribution in [0.2, 0.25) is 0 Å². The molecule has 0 aromatic heterocycles. The second-order valence-electron chi connectivity index (χ2n) is 8.24. The molecule has 1 saturated heterocycles. The van der Waals surface area contributed by atoms with Gasteiger partial charge in [0.25, 0.3) is 0 Å². The van der Waals surface area contributed by atoms with Crippen LogP contribution in [0.3, 0.4) is 0 Å². The number of piperidine rings is 1. The Morgan fingerprint density at radius 3 is 2.76 bits per heavy atom. The van der Waals surface area contributed by atoms with E-state index in [1.54, 1.807) is 18.2 Å². The third kappa shape index (κ3) is 4.51. The molecule has 2 heterocycles. The van der Waals surface area contributed by atoms with Crippen LogP contribution in [-0.2, 0) is 10.2 Å². The summed E-state index contributed by atoms with van der Waals surface area (Å²) in [6.07, 6.45) is 8.57. The maximum absolute atomic E-state index is 11.8. The lowest BCUT2D eigenvalue weighted by molar-refractivity contribution is -0.0914. The van der Waals surface area contributed by atoms with Crippen molar-refractivity contribution in [1.82, 2.24) is 4.90 Å². The number of aliphatic hydroxyl groups excluding tert-OH is 1. The molecular weight excluding hydrogens is 392 g/mol. The highest BCUT2D eigenvalue weighted by molar-refractivity contribution is 7.91. The summed E-state index contributed by atoms with van der Waals surface area (Å²) < 4.78 is 35.5. The average Bonchev–Trinajstić information content (AvgIpc) is 2.71. The van der Waals surface area contributed by atoms with E-state index < -0.39 is 16.4 Å². The first kappa shape index (κ1) is 20.4. The van der Waals surface area contributed by atoms with Gasteiger partial charge >= 0.3 is 10.2 Å². The minimum Gasteiger partial charge on any atom is -0.491 e. The summed E-state index contributed by atoms with van der Waals surface area (Å²) in [4.78, 5) is 2.20. The van der Waals surface area contributed by atoms with Crippen molar-refractivity contribution in [3.63, 3.8) is 0 Å². The Hall–Kier alpha value is -1.84. The van der Waals surface area contributed by atoms with Crippen molar-refractivity contribution in [2.75, 3.05) is 17.9 Å². The van der Waals surface area contributed by atoms with Gasteiger partial charge in [-0.1, -0.05) is 31.7 Å². The van der Waals surface area contributed by atoms with Gasteiger partial charge in [-0.2, -0.15) is 8.42 Å². The van der Waals surface area contributed by atoms with Crippen molar-refractivity contribution < 1.29 is 18.3 Å². The van der Waals surface area contributed by atoms with Crippen molar-refractivity contribution in [2.45, 2.75) is 63.6 Å². The molecule has 1 aromatic rings. The van der Waals surface area contributed by atoms with Crippen molar-refractivity contribution in [1.29, 1.82) is 0 Å². The number of aliphatic hydroxyl groups is 1. The summed E-state index contributed by atoms with van der Waals surface area (Å²) in [6, 6.07) is 5.26. The van der Waals surface area contributed by atoms with Crippen LogP contribution in [0.5, 0.6) is 5.75 Å². The summed E-state index contributed by atoms with van der Waals surface area (Å²) in [6.45, 7) is 1.29. The van der Waals surface area contributed by atoms with Crippen LogP contribution in [0, 0.1) is 5.92 Å². The van der Waals surface area contributed by atoms with Crippen LogP contribution in [0.1, 0.15) is 56.9 Å². The molecule has 2 aliphatic heterocycles. The van der Waals surface area contributed by atoms with Gasteiger partial charge in [-0.3, -0.25) is 9.62 Å². The quantitative estimate of drug-likeness (QED) is 0.670. The minimum absolute atomic E-state index is 0.0721. The Balaban J connectivity index is 1.48. The third-order valence-electron chi connectivity index (χ3n) is 6.25. The van der Waals surface area contributed by atoms with Crippen LogP contribution < -0.4 is 15.2 Å². The monoisotopic (exact) mass is 422 g/mol. The molecule has 1 aromatic carbocycles. The fourth-order valence-electron chi connectivity index (χ4n) is 4.78. The van der Waals surface area contributed by atoms with E-state index in [0.29, 0.717) is 29.5 Å². The van der Waals surface area contributed by atoms with Crippen molar-refractivity contribution in [2.24, 2.45) is 16.0 Å². The van der Waals surface area contributed by atoms with Gasteiger partial charge < -0.3 is 15.6 Å². The highest BCUT2D eigenvalue weighted by Gasteiger charge is 2.34. The van der Waals surface area contributed by atoms with Crippen molar-refractivity contribution in [3.05, 3.63) is 23.8 Å². The fraction of sp³-hybridized carbons (Fsp3) is 0.650. The molecule has 1 unspecified atom stereocenters. The van der Waals surface area contributed by atoms with E-state index in [1.165, 1.54) is 19.3 Å². The van der Waals surface area contributed by atoms with Gasteiger partial charge in [0, 0.05) is 12.6 Å². The first-order valence-corrected chi connectivity index (χ1v) is 12.0. The van der Waals surface area contributed by atoms with Crippen LogP contribution in [0.15, 0.2) is 22.6 Å². The molecule has 2 fully saturated rings. The van der Waals surface area contributed by atoms with E-state index in [-0.39, 0.29) is 11.9 Å². The summed E-state index contributed by atoms with van der Waals surface area (Å²) >= 11 is 0. The number of nitrogens with two attached hydrogens (primary N) is 1. The molecule has 4 rings (SSSR count). The Morgan fingerprint density at radius 1 is 1.21 bits per heavy atom. The second kappa shape index (κ2) is 8.49. The maximum atomic E-state index is 11.8. The molecule has 8 nitrogen and oxygen atoms in total. The summed E-state index contributed by atoms with van der Waals surface area (Å²) in [5.74, 6) is 0.770. The molecule has 0 amide bonds. The highest BCUT2D eigenvalue weighted by atomic mass is 32.2. The lowest BCUT2D eigenvalue weighted by Gasteiger charge is -2.42. The molecular formula is C20H30N4O4S. The van der Waals surface area contributed by atoms with E-state index in [1.807, 2.05) is 0 Å². The lowest BCUT2D eigenvalue weighted by Crippen LogP contribution is -2.52. The number of nitrogens with one attached hydrogen (secondary N) is 1. The standard InChI is InChI=1S/C20H30N4O4S/c21-19-18-16(22-29(26,27)23-19)10-6-11-17(18)28-13-15-9-4-5-12-24(15)20(25)14-7-2-1-3-8-14/h6,10-11,14-15,20,22,25H,1-5,7-9,12-13H2,(H2,21,23)/t15-,20?/m1/s1. The molecule has 4 N–H and O–H groups in total. The average molecular weight is 423 g/mol. The largest absolute Gasteiger partial charge is 0.491 e. The molecule has 0 radical (unpaired) electrons. The SMILES string of the molecule is NC1=NS(=O)(=O)Nc2cccc(OC[C@H]3CCCCN3C(O)C3CCCCC3)c21. The zero-order valence-corrected chi connectivity index (χ0v) is 17.4. The number of nitrogens with zero attached hydrogens (tertiary/aromatic N) is 2. The number of hydrogen-bond acceptors (Lipinski definition) is 6. The number of amidine groups is 1. The van der Waals surface area contributed by atoms with E-state index in [4.69, 9.17) is 10.5 Å². The van der Waals surface area contributed by atoms with Gasteiger partial charge in [0.15, 0.2) is 5.84 Å². The number of rotatable bonds is 5. The van der Waals surface area contributed by atoms with E-state index in [9.17, 15) is 13.5 Å². The molecule has 29 heavy (non-hydrogen) atoms. The molecule has 0 spiro atoms. The van der Waals surface area contributed by atoms with Crippen LogP contribution >= 0.6 is 0 Å². The molecule has 0 bridgehead atoms. The third-order valence-corrected chi connectivity index (χ3v) is 7.17. The number of likely N-dealkylation sites (tertiary alicyclic amines) is 1. The molecule has 9 heteroatoms. The van der Waals surface area contributed by atoms with E-state index in [2.05, 4.69) is 14.0 Å². The highest BCUT2D eigenvalue weighted by Crippen LogP contribution is 2.33. The Bertz CT molecular complexity index is 867.